The molecular weight excluding hydrogens is 518 g/mol. The predicted octanol–water partition coefficient (Wildman–Crippen LogP) is 6.26. The van der Waals surface area contributed by atoms with Crippen LogP contribution in [0, 0.1) is 6.92 Å². The van der Waals surface area contributed by atoms with Crippen molar-refractivity contribution in [2.24, 2.45) is 0 Å². The lowest BCUT2D eigenvalue weighted by molar-refractivity contribution is -0.137. The molecule has 1 aromatic heterocycles. The minimum absolute atomic E-state index is 0.132. The molecule has 196 valence electrons. The molecule has 1 amide bonds. The van der Waals surface area contributed by atoms with Crippen molar-refractivity contribution in [1.82, 2.24) is 14.7 Å². The topological polar surface area (TPSA) is 84.7 Å². The van der Waals surface area contributed by atoms with E-state index in [9.17, 15) is 9.59 Å². The van der Waals surface area contributed by atoms with Gasteiger partial charge in [-0.25, -0.2) is 4.68 Å². The number of carboxylic acid groups (broad SMARTS) is 1. The van der Waals surface area contributed by atoms with E-state index in [1.165, 1.54) is 11.8 Å². The average molecular weight is 548 g/mol. The average Bonchev–Trinajstić information content (AvgIpc) is 3.44. The number of carbonyl (C=O) groups is 2. The van der Waals surface area contributed by atoms with Gasteiger partial charge in [-0.3, -0.25) is 14.5 Å². The molecule has 38 heavy (non-hydrogen) atoms. The highest BCUT2D eigenvalue weighted by atomic mass is 32.2. The lowest BCUT2D eigenvalue weighted by Crippen LogP contribution is -2.29. The number of para-hydroxylation sites is 1. The SMILES string of the molecule is C=CCOc1ccc(-c2nn(-c3ccccc3)cc2/C=C2\SC(=S)N(CCCCCC(=O)O)C2=O)cc1C. The molecule has 0 saturated carbocycles. The summed E-state index contributed by atoms with van der Waals surface area (Å²) in [5, 5.41) is 13.7. The van der Waals surface area contributed by atoms with Gasteiger partial charge in [-0.1, -0.05) is 61.3 Å². The van der Waals surface area contributed by atoms with Crippen molar-refractivity contribution in [3.8, 4) is 22.7 Å². The second-order valence-corrected chi connectivity index (χ2v) is 10.5. The second kappa shape index (κ2) is 12.7. The van der Waals surface area contributed by atoms with Crippen LogP contribution in [0.15, 0.2) is 72.3 Å². The molecule has 2 aromatic carbocycles. The number of benzene rings is 2. The maximum absolute atomic E-state index is 13.2. The highest BCUT2D eigenvalue weighted by Gasteiger charge is 2.32. The first kappa shape index (κ1) is 27.3. The van der Waals surface area contributed by atoms with Gasteiger partial charge in [0.2, 0.25) is 0 Å². The zero-order valence-electron chi connectivity index (χ0n) is 21.1. The van der Waals surface area contributed by atoms with E-state index >= 15 is 0 Å². The Morgan fingerprint density at radius 1 is 1.18 bits per heavy atom. The molecule has 1 aliphatic rings. The van der Waals surface area contributed by atoms with Gasteiger partial charge in [-0.2, -0.15) is 5.10 Å². The summed E-state index contributed by atoms with van der Waals surface area (Å²) in [6.45, 7) is 6.59. The van der Waals surface area contributed by atoms with Crippen molar-refractivity contribution in [1.29, 1.82) is 0 Å². The summed E-state index contributed by atoms with van der Waals surface area (Å²) in [6.07, 6.45) is 7.61. The number of aromatic nitrogens is 2. The third-order valence-electron chi connectivity index (χ3n) is 6.00. The predicted molar refractivity (Wildman–Crippen MR) is 155 cm³/mol. The Hall–Kier alpha value is -3.69. The first-order valence-corrected chi connectivity index (χ1v) is 13.6. The normalized spacial score (nSPS) is 14.3. The first-order valence-electron chi connectivity index (χ1n) is 12.3. The number of aryl methyl sites for hydroxylation is 1. The Kier molecular flexibility index (Phi) is 9.15. The largest absolute Gasteiger partial charge is 0.489 e. The van der Waals surface area contributed by atoms with Gasteiger partial charge in [0.05, 0.1) is 10.6 Å². The number of hydrogen-bond acceptors (Lipinski definition) is 6. The smallest absolute Gasteiger partial charge is 0.303 e. The number of thioether (sulfide) groups is 1. The third kappa shape index (κ3) is 6.59. The number of hydrogen-bond donors (Lipinski definition) is 1. The van der Waals surface area contributed by atoms with E-state index in [1.54, 1.807) is 11.0 Å². The number of rotatable bonds is 12. The summed E-state index contributed by atoms with van der Waals surface area (Å²) in [7, 11) is 0. The number of carboxylic acids is 1. The number of ether oxygens (including phenoxy) is 1. The first-order chi connectivity index (χ1) is 18.4. The molecule has 7 nitrogen and oxygen atoms in total. The fourth-order valence-corrected chi connectivity index (χ4v) is 5.39. The van der Waals surface area contributed by atoms with E-state index in [0.29, 0.717) is 35.2 Å². The van der Waals surface area contributed by atoms with Crippen molar-refractivity contribution in [2.75, 3.05) is 13.2 Å². The zero-order valence-corrected chi connectivity index (χ0v) is 22.8. The quantitative estimate of drug-likeness (QED) is 0.124. The van der Waals surface area contributed by atoms with E-state index in [2.05, 4.69) is 6.58 Å². The van der Waals surface area contributed by atoms with E-state index in [1.807, 2.05) is 72.4 Å². The molecule has 1 saturated heterocycles. The van der Waals surface area contributed by atoms with Crippen molar-refractivity contribution >= 4 is 46.3 Å². The Bertz CT molecular complexity index is 1380. The van der Waals surface area contributed by atoms with Gasteiger partial charge in [-0.05, 0) is 61.7 Å². The molecule has 3 aromatic rings. The molecule has 1 fully saturated rings. The molecular formula is C29H29N3O4S2. The lowest BCUT2D eigenvalue weighted by Gasteiger charge is -2.13. The molecule has 0 radical (unpaired) electrons. The van der Waals surface area contributed by atoms with Gasteiger partial charge in [0.15, 0.2) is 0 Å². The van der Waals surface area contributed by atoms with Crippen molar-refractivity contribution in [3.05, 3.63) is 83.4 Å². The van der Waals surface area contributed by atoms with Crippen molar-refractivity contribution in [2.45, 2.75) is 32.6 Å². The van der Waals surface area contributed by atoms with Crippen LogP contribution in [0.2, 0.25) is 0 Å². The Labute approximate surface area is 231 Å². The number of amides is 1. The summed E-state index contributed by atoms with van der Waals surface area (Å²) in [5.74, 6) is -0.164. The van der Waals surface area contributed by atoms with Gasteiger partial charge in [0.1, 0.15) is 22.4 Å². The molecule has 0 unspecified atom stereocenters. The monoisotopic (exact) mass is 547 g/mol. The Morgan fingerprint density at radius 3 is 2.68 bits per heavy atom. The fraction of sp³-hybridized carbons (Fsp3) is 0.241. The molecule has 0 bridgehead atoms. The van der Waals surface area contributed by atoms with E-state index in [0.717, 1.165) is 40.2 Å². The standard InChI is InChI=1S/C29H29N3O4S2/c1-3-16-36-24-14-13-21(17-20(24)2)27-22(19-32(30-27)23-10-6-4-7-11-23)18-25-28(35)31(29(37)38-25)15-9-5-8-12-26(33)34/h3-4,6-7,10-11,13-14,17-19H,1,5,8-9,12,15-16H2,2H3,(H,33,34)/b25-18-. The molecule has 0 atom stereocenters. The van der Waals surface area contributed by atoms with Gasteiger partial charge in [0.25, 0.3) is 5.91 Å². The lowest BCUT2D eigenvalue weighted by atomic mass is 10.0. The Morgan fingerprint density at radius 2 is 1.97 bits per heavy atom. The molecule has 2 heterocycles. The second-order valence-electron chi connectivity index (χ2n) is 8.83. The van der Waals surface area contributed by atoms with Gasteiger partial charge >= 0.3 is 5.97 Å². The van der Waals surface area contributed by atoms with E-state index in [-0.39, 0.29) is 12.3 Å². The van der Waals surface area contributed by atoms with E-state index in [4.69, 9.17) is 27.2 Å². The molecule has 4 rings (SSSR count). The summed E-state index contributed by atoms with van der Waals surface area (Å²) >= 11 is 6.77. The van der Waals surface area contributed by atoms with Crippen LogP contribution in [0.25, 0.3) is 23.0 Å². The van der Waals surface area contributed by atoms with Crippen LogP contribution in [-0.2, 0) is 9.59 Å². The molecule has 0 spiro atoms. The minimum atomic E-state index is -0.806. The third-order valence-corrected chi connectivity index (χ3v) is 7.38. The summed E-state index contributed by atoms with van der Waals surface area (Å²) in [6, 6.07) is 15.7. The molecule has 0 aliphatic carbocycles. The fourth-order valence-electron chi connectivity index (χ4n) is 4.09. The van der Waals surface area contributed by atoms with Crippen LogP contribution in [0.1, 0.15) is 36.8 Å². The van der Waals surface area contributed by atoms with Crippen molar-refractivity contribution in [3.63, 3.8) is 0 Å². The molecule has 1 aliphatic heterocycles. The summed E-state index contributed by atoms with van der Waals surface area (Å²) < 4.78 is 8.05. The van der Waals surface area contributed by atoms with Crippen LogP contribution in [0.5, 0.6) is 5.75 Å². The number of aliphatic carboxylic acids is 1. The minimum Gasteiger partial charge on any atom is -0.489 e. The van der Waals surface area contributed by atoms with Crippen LogP contribution in [-0.4, -0.2) is 49.1 Å². The summed E-state index contributed by atoms with van der Waals surface area (Å²) in [4.78, 5) is 26.1. The number of carbonyl (C=O) groups excluding carboxylic acids is 1. The van der Waals surface area contributed by atoms with E-state index < -0.39 is 5.97 Å². The molecule has 9 heteroatoms. The number of nitrogens with zero attached hydrogens (tertiary/aromatic N) is 3. The Balaban J connectivity index is 1.62. The highest BCUT2D eigenvalue weighted by Crippen LogP contribution is 2.36. The maximum atomic E-state index is 13.2. The summed E-state index contributed by atoms with van der Waals surface area (Å²) in [5.41, 5.74) is 4.33. The van der Waals surface area contributed by atoms with Crippen LogP contribution >= 0.6 is 24.0 Å². The number of thiocarbonyl (C=S) groups is 1. The van der Waals surface area contributed by atoms with Gasteiger partial charge < -0.3 is 9.84 Å². The van der Waals surface area contributed by atoms with Crippen molar-refractivity contribution < 1.29 is 19.4 Å². The van der Waals surface area contributed by atoms with Crippen LogP contribution < -0.4 is 4.74 Å². The van der Waals surface area contributed by atoms with Gasteiger partial charge in [0, 0.05) is 30.3 Å². The zero-order chi connectivity index (χ0) is 27.1. The van der Waals surface area contributed by atoms with Gasteiger partial charge in [-0.15, -0.1) is 0 Å². The highest BCUT2D eigenvalue weighted by molar-refractivity contribution is 8.26. The number of unbranched alkanes of at least 4 members (excludes halogenated alkanes) is 2. The maximum Gasteiger partial charge on any atom is 0.303 e. The van der Waals surface area contributed by atoms with Crippen LogP contribution in [0.4, 0.5) is 0 Å². The van der Waals surface area contributed by atoms with Crippen LogP contribution in [0.3, 0.4) is 0 Å². The molecule has 1 N–H and O–H groups in total.